The number of nitrogens with two attached hydrogens (primary N) is 1. The number of carbonyl (C=O) groups excluding carboxylic acids is 1. The minimum Gasteiger partial charge on any atom is -0.482 e. The van der Waals surface area contributed by atoms with Gasteiger partial charge >= 0.3 is 0 Å². The first-order valence-electron chi connectivity index (χ1n) is 6.31. The summed E-state index contributed by atoms with van der Waals surface area (Å²) in [6, 6.07) is 10.5. The van der Waals surface area contributed by atoms with Gasteiger partial charge in [0.1, 0.15) is 5.75 Å². The van der Waals surface area contributed by atoms with E-state index < -0.39 is 0 Å². The van der Waals surface area contributed by atoms with Crippen LogP contribution >= 0.6 is 23.2 Å². The molecule has 0 aromatic heterocycles. The van der Waals surface area contributed by atoms with Crippen LogP contribution in [0.2, 0.25) is 10.0 Å². The van der Waals surface area contributed by atoms with Gasteiger partial charge in [-0.05, 0) is 35.9 Å². The van der Waals surface area contributed by atoms with Crippen LogP contribution in [0.5, 0.6) is 5.75 Å². The van der Waals surface area contributed by atoms with Crippen LogP contribution in [-0.4, -0.2) is 12.5 Å². The largest absolute Gasteiger partial charge is 0.482 e. The summed E-state index contributed by atoms with van der Waals surface area (Å²) >= 11 is 11.9. The molecule has 1 amide bonds. The zero-order valence-electron chi connectivity index (χ0n) is 11.0. The lowest BCUT2D eigenvalue weighted by Crippen LogP contribution is -2.38. The molecular formula is C15H12Cl2N2O2. The fraction of sp³-hybridized carbons (Fsp3) is 0.133. The summed E-state index contributed by atoms with van der Waals surface area (Å²) in [7, 11) is 0. The fourth-order valence-corrected chi connectivity index (χ4v) is 2.51. The van der Waals surface area contributed by atoms with Crippen LogP contribution in [0.15, 0.2) is 36.4 Å². The Morgan fingerprint density at radius 3 is 2.76 bits per heavy atom. The molecule has 0 radical (unpaired) electrons. The number of carbonyl (C=O) groups is 1. The summed E-state index contributed by atoms with van der Waals surface area (Å²) in [5.74, 6) is 0.513. The average Bonchev–Trinajstić information content (AvgIpc) is 2.46. The molecule has 0 atom stereocenters. The van der Waals surface area contributed by atoms with Crippen LogP contribution in [0.4, 0.5) is 11.4 Å². The molecule has 2 N–H and O–H groups in total. The zero-order chi connectivity index (χ0) is 15.0. The maximum atomic E-state index is 12.1. The second-order valence-corrected chi connectivity index (χ2v) is 5.58. The van der Waals surface area contributed by atoms with Gasteiger partial charge in [0.15, 0.2) is 6.61 Å². The summed E-state index contributed by atoms with van der Waals surface area (Å²) in [6.07, 6.45) is 0. The molecule has 0 saturated heterocycles. The molecule has 1 heterocycles. The van der Waals surface area contributed by atoms with E-state index in [9.17, 15) is 4.79 Å². The first-order valence-corrected chi connectivity index (χ1v) is 7.07. The van der Waals surface area contributed by atoms with Crippen molar-refractivity contribution >= 4 is 40.5 Å². The van der Waals surface area contributed by atoms with Crippen molar-refractivity contribution in [3.63, 3.8) is 0 Å². The summed E-state index contributed by atoms with van der Waals surface area (Å²) in [5, 5.41) is 1.04. The number of rotatable bonds is 2. The molecule has 0 bridgehead atoms. The maximum Gasteiger partial charge on any atom is 0.265 e. The molecule has 0 aliphatic carbocycles. The van der Waals surface area contributed by atoms with Crippen LogP contribution in [0.3, 0.4) is 0 Å². The van der Waals surface area contributed by atoms with Gasteiger partial charge in [-0.1, -0.05) is 29.3 Å². The fourth-order valence-electron chi connectivity index (χ4n) is 2.22. The SMILES string of the molecule is Nc1cc(CN2C(=O)COc3ccc(Cl)cc32)ccc1Cl. The van der Waals surface area contributed by atoms with Crippen molar-refractivity contribution in [3.05, 3.63) is 52.0 Å². The minimum atomic E-state index is -0.127. The number of anilines is 2. The summed E-state index contributed by atoms with van der Waals surface area (Å²) in [6.45, 7) is 0.397. The second kappa shape index (κ2) is 5.47. The molecule has 21 heavy (non-hydrogen) atoms. The molecule has 1 aliphatic heterocycles. The molecular weight excluding hydrogens is 311 g/mol. The molecule has 0 saturated carbocycles. The van der Waals surface area contributed by atoms with Gasteiger partial charge in [-0.3, -0.25) is 4.79 Å². The lowest BCUT2D eigenvalue weighted by molar-refractivity contribution is -0.121. The maximum absolute atomic E-state index is 12.1. The highest BCUT2D eigenvalue weighted by Gasteiger charge is 2.25. The Balaban J connectivity index is 1.96. The third-order valence-electron chi connectivity index (χ3n) is 3.27. The Bertz CT molecular complexity index is 719. The first-order chi connectivity index (χ1) is 10.0. The van der Waals surface area contributed by atoms with Gasteiger partial charge in [0.25, 0.3) is 5.91 Å². The number of halogens is 2. The lowest BCUT2D eigenvalue weighted by atomic mass is 10.1. The Morgan fingerprint density at radius 2 is 2.00 bits per heavy atom. The molecule has 0 spiro atoms. The normalized spacial score (nSPS) is 13.8. The number of nitrogen functional groups attached to an aromatic ring is 1. The summed E-state index contributed by atoms with van der Waals surface area (Å²) < 4.78 is 5.41. The van der Waals surface area contributed by atoms with E-state index in [1.54, 1.807) is 35.2 Å². The average molecular weight is 323 g/mol. The topological polar surface area (TPSA) is 55.6 Å². The van der Waals surface area contributed by atoms with Crippen molar-refractivity contribution in [1.29, 1.82) is 0 Å². The predicted molar refractivity (Wildman–Crippen MR) is 84.0 cm³/mol. The number of amides is 1. The van der Waals surface area contributed by atoms with Gasteiger partial charge in [0.2, 0.25) is 0 Å². The van der Waals surface area contributed by atoms with Gasteiger partial charge in [-0.15, -0.1) is 0 Å². The Labute approximate surface area is 132 Å². The van der Waals surface area contributed by atoms with Crippen molar-refractivity contribution < 1.29 is 9.53 Å². The standard InChI is InChI=1S/C15H12Cl2N2O2/c16-10-2-4-14-13(6-10)19(15(20)8-21-14)7-9-1-3-11(17)12(18)5-9/h1-6H,7-8,18H2. The highest BCUT2D eigenvalue weighted by molar-refractivity contribution is 6.33. The van der Waals surface area contributed by atoms with Crippen LogP contribution in [-0.2, 0) is 11.3 Å². The Morgan fingerprint density at radius 1 is 1.19 bits per heavy atom. The molecule has 3 rings (SSSR count). The highest BCUT2D eigenvalue weighted by atomic mass is 35.5. The molecule has 2 aromatic carbocycles. The molecule has 2 aromatic rings. The molecule has 1 aliphatic rings. The second-order valence-electron chi connectivity index (χ2n) is 4.74. The third kappa shape index (κ3) is 2.77. The van der Waals surface area contributed by atoms with Gasteiger partial charge in [-0.25, -0.2) is 0 Å². The van der Waals surface area contributed by atoms with Crippen molar-refractivity contribution in [3.8, 4) is 5.75 Å². The van der Waals surface area contributed by atoms with Crippen molar-refractivity contribution in [2.24, 2.45) is 0 Å². The molecule has 6 heteroatoms. The van der Waals surface area contributed by atoms with E-state index in [0.717, 1.165) is 5.56 Å². The number of nitrogens with zero attached hydrogens (tertiary/aromatic N) is 1. The predicted octanol–water partition coefficient (Wildman–Crippen LogP) is 3.50. The van der Waals surface area contributed by atoms with Gasteiger partial charge < -0.3 is 15.4 Å². The molecule has 0 fully saturated rings. The first kappa shape index (κ1) is 14.0. The van der Waals surface area contributed by atoms with Crippen LogP contribution in [0.1, 0.15) is 5.56 Å². The summed E-state index contributed by atoms with van der Waals surface area (Å²) in [4.78, 5) is 13.8. The third-order valence-corrected chi connectivity index (χ3v) is 3.84. The van der Waals surface area contributed by atoms with Crippen molar-refractivity contribution in [2.45, 2.75) is 6.54 Å². The van der Waals surface area contributed by atoms with Crippen molar-refractivity contribution in [1.82, 2.24) is 0 Å². The zero-order valence-corrected chi connectivity index (χ0v) is 12.5. The summed E-state index contributed by atoms with van der Waals surface area (Å²) in [5.41, 5.74) is 7.83. The number of benzene rings is 2. The van der Waals surface area contributed by atoms with Crippen LogP contribution in [0, 0.1) is 0 Å². The van der Waals surface area contributed by atoms with E-state index in [0.29, 0.717) is 33.7 Å². The Hall–Kier alpha value is -1.91. The van der Waals surface area contributed by atoms with Crippen LogP contribution < -0.4 is 15.4 Å². The number of hydrogen-bond donors (Lipinski definition) is 1. The van der Waals surface area contributed by atoms with Gasteiger partial charge in [-0.2, -0.15) is 0 Å². The van der Waals surface area contributed by atoms with Crippen LogP contribution in [0.25, 0.3) is 0 Å². The number of ether oxygens (including phenoxy) is 1. The Kier molecular flexibility index (Phi) is 3.66. The smallest absolute Gasteiger partial charge is 0.265 e. The van der Waals surface area contributed by atoms with E-state index >= 15 is 0 Å². The molecule has 108 valence electrons. The van der Waals surface area contributed by atoms with E-state index in [-0.39, 0.29) is 12.5 Å². The molecule has 0 unspecified atom stereocenters. The monoisotopic (exact) mass is 322 g/mol. The molecule has 4 nitrogen and oxygen atoms in total. The van der Waals surface area contributed by atoms with Gasteiger partial charge in [0, 0.05) is 5.02 Å². The lowest BCUT2D eigenvalue weighted by Gasteiger charge is -2.29. The van der Waals surface area contributed by atoms with E-state index in [4.69, 9.17) is 33.7 Å². The van der Waals surface area contributed by atoms with E-state index in [2.05, 4.69) is 0 Å². The van der Waals surface area contributed by atoms with E-state index in [1.807, 2.05) is 6.07 Å². The highest BCUT2D eigenvalue weighted by Crippen LogP contribution is 2.35. The number of hydrogen-bond acceptors (Lipinski definition) is 3. The quantitative estimate of drug-likeness (QED) is 0.861. The van der Waals surface area contributed by atoms with E-state index in [1.165, 1.54) is 0 Å². The number of fused-ring (bicyclic) bond motifs is 1. The van der Waals surface area contributed by atoms with Crippen molar-refractivity contribution in [2.75, 3.05) is 17.2 Å². The van der Waals surface area contributed by atoms with Gasteiger partial charge in [0.05, 0.1) is 22.9 Å². The minimum absolute atomic E-state index is 0.0116.